The molecule has 0 aliphatic rings. The van der Waals surface area contributed by atoms with Crippen LogP contribution in [0.5, 0.6) is 5.75 Å². The van der Waals surface area contributed by atoms with Crippen LogP contribution in [0.15, 0.2) is 29.3 Å². The predicted octanol–water partition coefficient (Wildman–Crippen LogP) is 3.11. The predicted molar refractivity (Wildman–Crippen MR) is 88.4 cm³/mol. The Bertz CT molecular complexity index is 493. The van der Waals surface area contributed by atoms with Crippen LogP contribution in [0.2, 0.25) is 0 Å². The summed E-state index contributed by atoms with van der Waals surface area (Å²) in [6.07, 6.45) is 0. The third kappa shape index (κ3) is 6.61. The Labute approximate surface area is 132 Å². The number of benzene rings is 1. The van der Waals surface area contributed by atoms with Crippen molar-refractivity contribution in [3.63, 3.8) is 0 Å². The van der Waals surface area contributed by atoms with Gasteiger partial charge < -0.3 is 9.47 Å². The molecular weight excluding hydrogens is 280 g/mol. The van der Waals surface area contributed by atoms with Crippen LogP contribution in [0, 0.1) is 11.8 Å². The van der Waals surface area contributed by atoms with Crippen molar-refractivity contribution in [2.24, 2.45) is 16.8 Å². The average Bonchev–Trinajstić information content (AvgIpc) is 2.49. The highest BCUT2D eigenvalue weighted by Crippen LogP contribution is 2.11. The molecule has 1 aromatic rings. The van der Waals surface area contributed by atoms with Gasteiger partial charge in [-0.15, -0.1) is 0 Å². The lowest BCUT2D eigenvalue weighted by atomic mass is 10.2. The summed E-state index contributed by atoms with van der Waals surface area (Å²) in [6.45, 7) is 9.34. The Morgan fingerprint density at radius 2 is 1.77 bits per heavy atom. The zero-order chi connectivity index (χ0) is 16.5. The van der Waals surface area contributed by atoms with E-state index >= 15 is 0 Å². The topological polar surface area (TPSA) is 59.9 Å². The minimum atomic E-state index is -0.242. The molecule has 22 heavy (non-hydrogen) atoms. The minimum absolute atomic E-state index is 0.242. The summed E-state index contributed by atoms with van der Waals surface area (Å²) in [4.78, 5) is 16.6. The van der Waals surface area contributed by atoms with Crippen LogP contribution in [0.1, 0.15) is 38.1 Å². The number of hydrogen-bond acceptors (Lipinski definition) is 4. The molecule has 1 rings (SSSR count). The van der Waals surface area contributed by atoms with Gasteiger partial charge in [-0.1, -0.05) is 27.7 Å². The van der Waals surface area contributed by atoms with Crippen molar-refractivity contribution in [3.8, 4) is 5.75 Å². The molecule has 0 saturated heterocycles. The lowest BCUT2D eigenvalue weighted by Gasteiger charge is -2.13. The first kappa shape index (κ1) is 18.0. The van der Waals surface area contributed by atoms with Crippen molar-refractivity contribution in [3.05, 3.63) is 29.8 Å². The quantitative estimate of drug-likeness (QED) is 0.649. The second-order valence-electron chi connectivity index (χ2n) is 5.93. The maximum absolute atomic E-state index is 12.2. The largest absolute Gasteiger partial charge is 0.497 e. The Kier molecular flexibility index (Phi) is 7.43. The average molecular weight is 306 g/mol. The molecule has 0 saturated carbocycles. The van der Waals surface area contributed by atoms with Gasteiger partial charge in [0.15, 0.2) is 0 Å². The lowest BCUT2D eigenvalue weighted by Crippen LogP contribution is -2.33. The summed E-state index contributed by atoms with van der Waals surface area (Å²) in [5.74, 6) is 1.23. The molecule has 0 aromatic heterocycles. The van der Waals surface area contributed by atoms with Gasteiger partial charge in [-0.3, -0.25) is 10.1 Å². The highest BCUT2D eigenvalue weighted by Gasteiger charge is 2.11. The van der Waals surface area contributed by atoms with E-state index in [-0.39, 0.29) is 11.9 Å². The van der Waals surface area contributed by atoms with Gasteiger partial charge in [0.05, 0.1) is 13.7 Å². The molecule has 0 aliphatic heterocycles. The first-order chi connectivity index (χ1) is 10.4. The maximum atomic E-state index is 12.2. The van der Waals surface area contributed by atoms with Crippen molar-refractivity contribution in [1.82, 2.24) is 5.32 Å². The smallest absolute Gasteiger partial charge is 0.291 e. The number of rotatable bonds is 6. The van der Waals surface area contributed by atoms with Crippen molar-refractivity contribution >= 4 is 11.9 Å². The van der Waals surface area contributed by atoms with Crippen molar-refractivity contribution in [1.29, 1.82) is 0 Å². The monoisotopic (exact) mass is 306 g/mol. The van der Waals surface area contributed by atoms with E-state index < -0.39 is 0 Å². The van der Waals surface area contributed by atoms with E-state index in [1.165, 1.54) is 0 Å². The number of carbonyl (C=O) groups excluding carboxylic acids is 1. The van der Waals surface area contributed by atoms with Crippen LogP contribution in [0.3, 0.4) is 0 Å². The summed E-state index contributed by atoms with van der Waals surface area (Å²) in [7, 11) is 1.59. The fraction of sp³-hybridized carbons (Fsp3) is 0.529. The molecule has 1 N–H and O–H groups in total. The zero-order valence-electron chi connectivity index (χ0n) is 14.1. The van der Waals surface area contributed by atoms with Crippen LogP contribution in [0.25, 0.3) is 0 Å². The highest BCUT2D eigenvalue weighted by molar-refractivity contribution is 6.04. The number of aliphatic imine (C=N–C) groups is 1. The third-order valence-electron chi connectivity index (χ3n) is 2.73. The zero-order valence-corrected chi connectivity index (χ0v) is 14.1. The Balaban J connectivity index is 2.73. The summed E-state index contributed by atoms with van der Waals surface area (Å²) < 4.78 is 10.7. The SMILES string of the molecule is COc1ccc(C(=O)NC(=NCC(C)C)OCC(C)C)cc1. The normalized spacial score (nSPS) is 11.7. The fourth-order valence-corrected chi connectivity index (χ4v) is 1.54. The molecule has 0 atom stereocenters. The van der Waals surface area contributed by atoms with E-state index in [9.17, 15) is 4.79 Å². The minimum Gasteiger partial charge on any atom is -0.497 e. The van der Waals surface area contributed by atoms with Gasteiger partial charge in [0, 0.05) is 12.1 Å². The first-order valence-electron chi connectivity index (χ1n) is 7.55. The molecule has 0 radical (unpaired) electrons. The molecule has 122 valence electrons. The van der Waals surface area contributed by atoms with E-state index in [0.717, 1.165) is 0 Å². The Morgan fingerprint density at radius 1 is 1.14 bits per heavy atom. The van der Waals surface area contributed by atoms with Gasteiger partial charge in [0.2, 0.25) is 0 Å². The number of amides is 1. The van der Waals surface area contributed by atoms with Gasteiger partial charge in [-0.25, -0.2) is 4.99 Å². The summed E-state index contributed by atoms with van der Waals surface area (Å²) in [5.41, 5.74) is 0.534. The van der Waals surface area contributed by atoms with Crippen LogP contribution < -0.4 is 10.1 Å². The molecule has 0 fully saturated rings. The molecule has 5 heteroatoms. The highest BCUT2D eigenvalue weighted by atomic mass is 16.5. The van der Waals surface area contributed by atoms with Crippen molar-refractivity contribution in [2.75, 3.05) is 20.3 Å². The second kappa shape index (κ2) is 9.07. The van der Waals surface area contributed by atoms with Gasteiger partial charge in [-0.2, -0.15) is 0 Å². The number of methoxy groups -OCH3 is 1. The molecule has 0 unspecified atom stereocenters. The molecular formula is C17H26N2O3. The van der Waals surface area contributed by atoms with Gasteiger partial charge in [0.25, 0.3) is 11.9 Å². The molecule has 0 heterocycles. The van der Waals surface area contributed by atoms with Gasteiger partial charge in [0.1, 0.15) is 5.75 Å². The van der Waals surface area contributed by atoms with Crippen molar-refractivity contribution in [2.45, 2.75) is 27.7 Å². The Hall–Kier alpha value is -2.04. The van der Waals surface area contributed by atoms with Gasteiger partial charge >= 0.3 is 0 Å². The fourth-order valence-electron chi connectivity index (χ4n) is 1.54. The Morgan fingerprint density at radius 3 is 2.27 bits per heavy atom. The van der Waals surface area contributed by atoms with Crippen LogP contribution >= 0.6 is 0 Å². The summed E-state index contributed by atoms with van der Waals surface area (Å²) in [6, 6.07) is 7.18. The van der Waals surface area contributed by atoms with E-state index in [2.05, 4.69) is 24.2 Å². The number of nitrogens with one attached hydrogen (secondary N) is 1. The van der Waals surface area contributed by atoms with Gasteiger partial charge in [-0.05, 0) is 36.1 Å². The third-order valence-corrected chi connectivity index (χ3v) is 2.73. The number of ether oxygens (including phenoxy) is 2. The summed E-state index contributed by atoms with van der Waals surface area (Å²) >= 11 is 0. The molecule has 0 bridgehead atoms. The molecule has 0 spiro atoms. The molecule has 1 amide bonds. The number of amidine groups is 1. The van der Waals surface area contributed by atoms with Crippen molar-refractivity contribution < 1.29 is 14.3 Å². The maximum Gasteiger partial charge on any atom is 0.291 e. The number of hydrogen-bond donors (Lipinski definition) is 1. The number of nitrogens with zero attached hydrogens (tertiary/aromatic N) is 1. The molecule has 0 aliphatic carbocycles. The molecule has 1 aromatic carbocycles. The van der Waals surface area contributed by atoms with E-state index in [4.69, 9.17) is 9.47 Å². The first-order valence-corrected chi connectivity index (χ1v) is 7.55. The second-order valence-corrected chi connectivity index (χ2v) is 5.93. The van der Waals surface area contributed by atoms with Crippen LogP contribution in [-0.2, 0) is 4.74 Å². The summed E-state index contributed by atoms with van der Waals surface area (Å²) in [5, 5.41) is 2.73. The van der Waals surface area contributed by atoms with Crippen LogP contribution in [0.4, 0.5) is 0 Å². The lowest BCUT2D eigenvalue weighted by molar-refractivity contribution is 0.0963. The van der Waals surface area contributed by atoms with E-state index in [0.29, 0.717) is 36.3 Å². The van der Waals surface area contributed by atoms with E-state index in [1.807, 2.05) is 13.8 Å². The van der Waals surface area contributed by atoms with E-state index in [1.54, 1.807) is 31.4 Å². The van der Waals surface area contributed by atoms with Crippen LogP contribution in [-0.4, -0.2) is 32.2 Å². The number of carbonyl (C=O) groups is 1. The standard InChI is InChI=1S/C17H26N2O3/c1-12(2)10-18-17(22-11-13(3)4)19-16(20)14-6-8-15(21-5)9-7-14/h6-9,12-13H,10-11H2,1-5H3,(H,18,19,20). The molecule has 5 nitrogen and oxygen atoms in total.